The third kappa shape index (κ3) is 4.64. The van der Waals surface area contributed by atoms with E-state index in [1.807, 2.05) is 38.1 Å². The van der Waals surface area contributed by atoms with Crippen LogP contribution in [0.4, 0.5) is 5.13 Å². The minimum Gasteiger partial charge on any atom is -0.491 e. The lowest BCUT2D eigenvalue weighted by Crippen LogP contribution is -2.12. The molecule has 1 heterocycles. The highest BCUT2D eigenvalue weighted by Crippen LogP contribution is 2.27. The van der Waals surface area contributed by atoms with Gasteiger partial charge >= 0.3 is 0 Å². The minimum absolute atomic E-state index is 0.0955. The number of nitrogens with zero attached hydrogens (tertiary/aromatic N) is 2. The van der Waals surface area contributed by atoms with Crippen molar-refractivity contribution in [1.29, 1.82) is 0 Å². The molecule has 0 spiro atoms. The van der Waals surface area contributed by atoms with Gasteiger partial charge in [0.1, 0.15) is 10.8 Å². The number of hydrogen-bond acceptors (Lipinski definition) is 5. The van der Waals surface area contributed by atoms with Gasteiger partial charge in [0, 0.05) is 15.6 Å². The third-order valence-corrected chi connectivity index (χ3v) is 4.64. The molecule has 1 amide bonds. The summed E-state index contributed by atoms with van der Waals surface area (Å²) in [6.45, 7) is 3.91. The summed E-state index contributed by atoms with van der Waals surface area (Å²) < 4.78 is 6.57. The Morgan fingerprint density at radius 1 is 1.08 bits per heavy atom. The van der Waals surface area contributed by atoms with Gasteiger partial charge in [0.05, 0.1) is 6.10 Å². The molecule has 3 rings (SSSR count). The fourth-order valence-corrected chi connectivity index (χ4v) is 3.12. The van der Waals surface area contributed by atoms with Gasteiger partial charge in [0.2, 0.25) is 5.13 Å². The van der Waals surface area contributed by atoms with Gasteiger partial charge < -0.3 is 4.74 Å². The van der Waals surface area contributed by atoms with E-state index in [4.69, 9.17) is 4.74 Å². The first kappa shape index (κ1) is 17.6. The zero-order valence-corrected chi connectivity index (χ0v) is 16.1. The molecule has 2 aromatic carbocycles. The van der Waals surface area contributed by atoms with Crippen LogP contribution in [0.15, 0.2) is 53.0 Å². The highest BCUT2D eigenvalue weighted by molar-refractivity contribution is 9.10. The average Bonchev–Trinajstić information content (AvgIpc) is 3.04. The smallest absolute Gasteiger partial charge is 0.257 e. The zero-order chi connectivity index (χ0) is 17.8. The van der Waals surface area contributed by atoms with Crippen LogP contribution in [0.1, 0.15) is 24.2 Å². The topological polar surface area (TPSA) is 64.1 Å². The molecule has 0 fully saturated rings. The molecule has 1 N–H and O–H groups in total. The second-order valence-electron chi connectivity index (χ2n) is 5.56. The summed E-state index contributed by atoms with van der Waals surface area (Å²) in [5.41, 5.74) is 1.49. The van der Waals surface area contributed by atoms with E-state index in [2.05, 4.69) is 31.4 Å². The maximum atomic E-state index is 12.3. The largest absolute Gasteiger partial charge is 0.491 e. The fraction of sp³-hybridized carbons (Fsp3) is 0.167. The minimum atomic E-state index is -0.227. The van der Waals surface area contributed by atoms with Crippen LogP contribution in [0.2, 0.25) is 0 Å². The number of carbonyl (C=O) groups excluding carboxylic acids is 1. The van der Waals surface area contributed by atoms with E-state index >= 15 is 0 Å². The molecule has 0 saturated heterocycles. The van der Waals surface area contributed by atoms with E-state index in [9.17, 15) is 4.79 Å². The molecule has 3 aromatic rings. The first-order valence-corrected chi connectivity index (χ1v) is 9.30. The summed E-state index contributed by atoms with van der Waals surface area (Å²) in [6, 6.07) is 14.8. The predicted molar refractivity (Wildman–Crippen MR) is 103 cm³/mol. The summed E-state index contributed by atoms with van der Waals surface area (Å²) in [6.07, 6.45) is 0.0955. The second kappa shape index (κ2) is 7.76. The number of benzene rings is 2. The molecule has 0 aliphatic heterocycles. The number of amides is 1. The highest BCUT2D eigenvalue weighted by Gasteiger charge is 2.11. The Morgan fingerprint density at radius 2 is 1.76 bits per heavy atom. The Kier molecular flexibility index (Phi) is 5.45. The molecule has 0 aliphatic rings. The molecule has 0 bridgehead atoms. The Balaban J connectivity index is 1.68. The van der Waals surface area contributed by atoms with Crippen LogP contribution in [0, 0.1) is 0 Å². The van der Waals surface area contributed by atoms with Crippen LogP contribution in [0.3, 0.4) is 0 Å². The second-order valence-corrected chi connectivity index (χ2v) is 7.46. The number of hydrogen-bond donors (Lipinski definition) is 1. The van der Waals surface area contributed by atoms with Gasteiger partial charge in [-0.05, 0) is 50.2 Å². The monoisotopic (exact) mass is 417 g/mol. The van der Waals surface area contributed by atoms with Gasteiger partial charge in [0.15, 0.2) is 0 Å². The number of nitrogens with one attached hydrogen (secondary N) is 1. The van der Waals surface area contributed by atoms with Crippen LogP contribution >= 0.6 is 27.3 Å². The molecule has 25 heavy (non-hydrogen) atoms. The van der Waals surface area contributed by atoms with Crippen molar-refractivity contribution < 1.29 is 9.53 Å². The normalized spacial score (nSPS) is 10.7. The standard InChI is InChI=1S/C18H16BrN3O2S/c1-11(2)24-15-9-5-12(6-10-15)16(23)20-18-22-21-17(25-18)13-3-7-14(19)8-4-13/h3-11H,1-2H3,(H,20,22,23). The molecular weight excluding hydrogens is 402 g/mol. The summed E-state index contributed by atoms with van der Waals surface area (Å²) in [5, 5.41) is 12.2. The van der Waals surface area contributed by atoms with Crippen LogP contribution < -0.4 is 10.1 Å². The molecule has 7 heteroatoms. The Morgan fingerprint density at radius 3 is 2.40 bits per heavy atom. The van der Waals surface area contributed by atoms with E-state index < -0.39 is 0 Å². The lowest BCUT2D eigenvalue weighted by atomic mass is 10.2. The molecule has 128 valence electrons. The summed E-state index contributed by atoms with van der Waals surface area (Å²) in [5.74, 6) is 0.509. The molecule has 0 radical (unpaired) electrons. The quantitative estimate of drug-likeness (QED) is 0.633. The zero-order valence-electron chi connectivity index (χ0n) is 13.7. The van der Waals surface area contributed by atoms with E-state index in [0.29, 0.717) is 10.7 Å². The van der Waals surface area contributed by atoms with Crippen LogP contribution in [-0.2, 0) is 0 Å². The van der Waals surface area contributed by atoms with Gasteiger partial charge in [-0.2, -0.15) is 0 Å². The van der Waals surface area contributed by atoms with Crippen molar-refractivity contribution in [2.24, 2.45) is 0 Å². The maximum Gasteiger partial charge on any atom is 0.257 e. The van der Waals surface area contributed by atoms with Crippen molar-refractivity contribution in [3.63, 3.8) is 0 Å². The third-order valence-electron chi connectivity index (χ3n) is 3.22. The molecule has 5 nitrogen and oxygen atoms in total. The molecule has 0 unspecified atom stereocenters. The van der Waals surface area contributed by atoms with Crippen molar-refractivity contribution >= 4 is 38.3 Å². The first-order chi connectivity index (χ1) is 12.0. The fourth-order valence-electron chi connectivity index (χ4n) is 2.11. The van der Waals surface area contributed by atoms with Gasteiger partial charge in [-0.25, -0.2) is 0 Å². The summed E-state index contributed by atoms with van der Waals surface area (Å²) >= 11 is 4.73. The lowest BCUT2D eigenvalue weighted by molar-refractivity contribution is 0.102. The number of ether oxygens (including phenoxy) is 1. The Bertz CT molecular complexity index is 861. The highest BCUT2D eigenvalue weighted by atomic mass is 79.9. The summed E-state index contributed by atoms with van der Waals surface area (Å²) in [4.78, 5) is 12.3. The molecule has 0 saturated carbocycles. The Hall–Kier alpha value is -2.25. The molecular formula is C18H16BrN3O2S. The SMILES string of the molecule is CC(C)Oc1ccc(C(=O)Nc2nnc(-c3ccc(Br)cc3)s2)cc1. The first-order valence-electron chi connectivity index (χ1n) is 7.69. The number of halogens is 1. The predicted octanol–water partition coefficient (Wildman–Crippen LogP) is 5.01. The van der Waals surface area contributed by atoms with Crippen molar-refractivity contribution in [3.8, 4) is 16.3 Å². The average molecular weight is 418 g/mol. The van der Waals surface area contributed by atoms with Gasteiger partial charge in [-0.3, -0.25) is 10.1 Å². The molecule has 1 aromatic heterocycles. The van der Waals surface area contributed by atoms with Gasteiger partial charge in [0.25, 0.3) is 5.91 Å². The van der Waals surface area contributed by atoms with Crippen molar-refractivity contribution in [3.05, 3.63) is 58.6 Å². The Labute approximate surface area is 158 Å². The van der Waals surface area contributed by atoms with E-state index in [1.165, 1.54) is 11.3 Å². The van der Waals surface area contributed by atoms with Crippen molar-refractivity contribution in [2.45, 2.75) is 20.0 Å². The molecule has 0 aliphatic carbocycles. The molecule has 0 atom stereocenters. The summed E-state index contributed by atoms with van der Waals surface area (Å²) in [7, 11) is 0. The number of aromatic nitrogens is 2. The van der Waals surface area contributed by atoms with E-state index in [0.717, 1.165) is 20.8 Å². The maximum absolute atomic E-state index is 12.3. The van der Waals surface area contributed by atoms with E-state index in [-0.39, 0.29) is 12.0 Å². The van der Waals surface area contributed by atoms with Crippen LogP contribution in [-0.4, -0.2) is 22.2 Å². The van der Waals surface area contributed by atoms with Crippen LogP contribution in [0.25, 0.3) is 10.6 Å². The van der Waals surface area contributed by atoms with Crippen molar-refractivity contribution in [2.75, 3.05) is 5.32 Å². The number of carbonyl (C=O) groups is 1. The number of anilines is 1. The number of rotatable bonds is 5. The van der Waals surface area contributed by atoms with Crippen molar-refractivity contribution in [1.82, 2.24) is 10.2 Å². The lowest BCUT2D eigenvalue weighted by Gasteiger charge is -2.09. The van der Waals surface area contributed by atoms with Crippen LogP contribution in [0.5, 0.6) is 5.75 Å². The van der Waals surface area contributed by atoms with Gasteiger partial charge in [-0.15, -0.1) is 10.2 Å². The van der Waals surface area contributed by atoms with Gasteiger partial charge in [-0.1, -0.05) is 39.4 Å². The van der Waals surface area contributed by atoms with E-state index in [1.54, 1.807) is 24.3 Å².